The van der Waals surface area contributed by atoms with Crippen molar-refractivity contribution in [1.82, 2.24) is 0 Å². The molecule has 0 spiro atoms. The van der Waals surface area contributed by atoms with Crippen molar-refractivity contribution in [1.29, 1.82) is 0 Å². The van der Waals surface area contributed by atoms with Gasteiger partial charge in [0.25, 0.3) is 0 Å². The van der Waals surface area contributed by atoms with Crippen molar-refractivity contribution in [2.75, 3.05) is 4.72 Å². The molecule has 0 aliphatic carbocycles. The second-order valence-electron chi connectivity index (χ2n) is 6.23. The minimum atomic E-state index is -5.50. The Bertz CT molecular complexity index is 1090. The number of hydrogen-bond donors (Lipinski definition) is 1. The van der Waals surface area contributed by atoms with Crippen LogP contribution in [-0.4, -0.2) is 13.9 Å². The molecule has 0 aliphatic heterocycles. The maximum atomic E-state index is 12.8. The highest BCUT2D eigenvalue weighted by molar-refractivity contribution is 7.93. The largest absolute Gasteiger partial charge is 0.516 e. The fourth-order valence-corrected chi connectivity index (χ4v) is 3.85. The molecule has 3 aromatic rings. The molecule has 0 aliphatic rings. The molecule has 0 amide bonds. The molecule has 1 N–H and O–H groups in total. The van der Waals surface area contributed by atoms with Crippen LogP contribution in [0.4, 0.5) is 18.9 Å². The quantitative estimate of drug-likeness (QED) is 0.624. The minimum absolute atomic E-state index is 0.0813. The molecule has 3 nitrogen and oxygen atoms in total. The zero-order valence-electron chi connectivity index (χ0n) is 14.8. The Kier molecular flexibility index (Phi) is 4.90. The van der Waals surface area contributed by atoms with Gasteiger partial charge in [-0.1, -0.05) is 55.5 Å². The molecule has 0 heterocycles. The number of sulfonamides is 1. The molecule has 0 radical (unpaired) electrons. The van der Waals surface area contributed by atoms with Gasteiger partial charge in [0.15, 0.2) is 0 Å². The molecule has 0 aromatic heterocycles. The standard InChI is InChI=1S/C20H18F3NO2S/c1-3-14-12-13(2)18-16(19(14)15-8-5-4-6-9-15)10-7-11-17(18)24-27(25,26)20(21,22)23/h4-12,24H,3H2,1-2H3. The van der Waals surface area contributed by atoms with Crippen LogP contribution in [0.15, 0.2) is 54.6 Å². The maximum Gasteiger partial charge on any atom is 0.516 e. The van der Waals surface area contributed by atoms with Crippen molar-refractivity contribution in [3.63, 3.8) is 0 Å². The SMILES string of the molecule is CCc1cc(C)c2c(NS(=O)(=O)C(F)(F)F)cccc2c1-c1ccccc1. The average molecular weight is 393 g/mol. The van der Waals surface area contributed by atoms with Gasteiger partial charge >= 0.3 is 15.5 Å². The van der Waals surface area contributed by atoms with Crippen LogP contribution in [-0.2, 0) is 16.4 Å². The summed E-state index contributed by atoms with van der Waals surface area (Å²) in [5, 5.41) is 1.17. The molecule has 3 rings (SSSR count). The summed E-state index contributed by atoms with van der Waals surface area (Å²) in [6.07, 6.45) is 0.736. The van der Waals surface area contributed by atoms with Gasteiger partial charge in [0.05, 0.1) is 5.69 Å². The highest BCUT2D eigenvalue weighted by Gasteiger charge is 2.46. The lowest BCUT2D eigenvalue weighted by atomic mass is 9.89. The lowest BCUT2D eigenvalue weighted by Crippen LogP contribution is -2.30. The van der Waals surface area contributed by atoms with Crippen LogP contribution in [0.1, 0.15) is 18.1 Å². The second kappa shape index (κ2) is 6.88. The fourth-order valence-electron chi connectivity index (χ4n) is 3.28. The zero-order valence-corrected chi connectivity index (χ0v) is 15.6. The summed E-state index contributed by atoms with van der Waals surface area (Å²) in [5.74, 6) is 0. The summed E-state index contributed by atoms with van der Waals surface area (Å²) in [4.78, 5) is 0. The predicted octanol–water partition coefficient (Wildman–Crippen LogP) is 5.64. The fraction of sp³-hybridized carbons (Fsp3) is 0.200. The topological polar surface area (TPSA) is 46.2 Å². The van der Waals surface area contributed by atoms with Gasteiger partial charge in [-0.15, -0.1) is 0 Å². The van der Waals surface area contributed by atoms with Gasteiger partial charge in [0, 0.05) is 5.39 Å². The lowest BCUT2D eigenvalue weighted by molar-refractivity contribution is -0.0429. The zero-order chi connectivity index (χ0) is 19.8. The van der Waals surface area contributed by atoms with Crippen LogP contribution in [0.25, 0.3) is 21.9 Å². The Balaban J connectivity index is 2.32. The number of nitrogens with one attached hydrogen (secondary N) is 1. The van der Waals surface area contributed by atoms with E-state index >= 15 is 0 Å². The van der Waals surface area contributed by atoms with Gasteiger partial charge in [-0.3, -0.25) is 4.72 Å². The first-order valence-electron chi connectivity index (χ1n) is 8.35. The van der Waals surface area contributed by atoms with Crippen LogP contribution in [0.3, 0.4) is 0 Å². The highest BCUT2D eigenvalue weighted by Crippen LogP contribution is 2.39. The third kappa shape index (κ3) is 3.51. The van der Waals surface area contributed by atoms with Crippen LogP contribution in [0.2, 0.25) is 0 Å². The molecule has 0 saturated carbocycles. The predicted molar refractivity (Wildman–Crippen MR) is 102 cm³/mol. The number of halogens is 3. The second-order valence-corrected chi connectivity index (χ2v) is 7.90. The molecule has 0 bridgehead atoms. The number of alkyl halides is 3. The molecule has 7 heteroatoms. The number of fused-ring (bicyclic) bond motifs is 1. The maximum absolute atomic E-state index is 12.8. The van der Waals surface area contributed by atoms with E-state index in [2.05, 4.69) is 0 Å². The van der Waals surface area contributed by atoms with Crippen LogP contribution in [0.5, 0.6) is 0 Å². The molecule has 0 saturated heterocycles. The van der Waals surface area contributed by atoms with Gasteiger partial charge in [-0.05, 0) is 47.1 Å². The summed E-state index contributed by atoms with van der Waals surface area (Å²) in [5.41, 5.74) is -1.89. The van der Waals surface area contributed by atoms with E-state index in [-0.39, 0.29) is 5.69 Å². The van der Waals surface area contributed by atoms with E-state index in [1.165, 1.54) is 6.07 Å². The number of aryl methyl sites for hydroxylation is 2. The van der Waals surface area contributed by atoms with E-state index in [1.807, 2.05) is 43.3 Å². The summed E-state index contributed by atoms with van der Waals surface area (Å²) < 4.78 is 63.4. The van der Waals surface area contributed by atoms with Crippen molar-refractivity contribution in [3.8, 4) is 11.1 Å². The number of rotatable bonds is 4. The molecule has 3 aromatic carbocycles. The van der Waals surface area contributed by atoms with Crippen molar-refractivity contribution in [2.45, 2.75) is 25.8 Å². The summed E-state index contributed by atoms with van der Waals surface area (Å²) in [6.45, 7) is 3.77. The average Bonchev–Trinajstić information content (AvgIpc) is 2.61. The monoisotopic (exact) mass is 393 g/mol. The van der Waals surface area contributed by atoms with E-state index in [4.69, 9.17) is 0 Å². The van der Waals surface area contributed by atoms with E-state index in [1.54, 1.807) is 23.8 Å². The normalized spacial score (nSPS) is 12.3. The van der Waals surface area contributed by atoms with Crippen LogP contribution >= 0.6 is 0 Å². The van der Waals surface area contributed by atoms with Crippen LogP contribution < -0.4 is 4.72 Å². The summed E-state index contributed by atoms with van der Waals surface area (Å²) >= 11 is 0. The third-order valence-corrected chi connectivity index (χ3v) is 5.53. The Hall–Kier alpha value is -2.54. The molecule has 27 heavy (non-hydrogen) atoms. The van der Waals surface area contributed by atoms with E-state index in [0.29, 0.717) is 16.3 Å². The van der Waals surface area contributed by atoms with Crippen LogP contribution in [0, 0.1) is 6.92 Å². The number of anilines is 1. The van der Waals surface area contributed by atoms with Gasteiger partial charge in [0.1, 0.15) is 0 Å². The van der Waals surface area contributed by atoms with Crippen molar-refractivity contribution in [2.24, 2.45) is 0 Å². The van der Waals surface area contributed by atoms with Crippen molar-refractivity contribution >= 4 is 26.5 Å². The first-order valence-corrected chi connectivity index (χ1v) is 9.83. The summed E-state index contributed by atoms with van der Waals surface area (Å²) in [6, 6.07) is 16.1. The molecule has 0 fully saturated rings. The number of hydrogen-bond acceptors (Lipinski definition) is 2. The Morgan fingerprint density at radius 3 is 2.26 bits per heavy atom. The smallest absolute Gasteiger partial charge is 0.275 e. The summed E-state index contributed by atoms with van der Waals surface area (Å²) in [7, 11) is -5.50. The molecule has 0 atom stereocenters. The molecule has 142 valence electrons. The van der Waals surface area contributed by atoms with E-state index in [9.17, 15) is 21.6 Å². The van der Waals surface area contributed by atoms with Gasteiger partial charge in [-0.2, -0.15) is 21.6 Å². The molecular weight excluding hydrogens is 375 g/mol. The first kappa shape index (κ1) is 19.2. The molecule has 0 unspecified atom stereocenters. The van der Waals surface area contributed by atoms with Crippen molar-refractivity contribution < 1.29 is 21.6 Å². The van der Waals surface area contributed by atoms with E-state index in [0.717, 1.165) is 23.1 Å². The highest BCUT2D eigenvalue weighted by atomic mass is 32.2. The third-order valence-electron chi connectivity index (χ3n) is 4.43. The minimum Gasteiger partial charge on any atom is -0.275 e. The lowest BCUT2D eigenvalue weighted by Gasteiger charge is -2.18. The number of benzene rings is 3. The van der Waals surface area contributed by atoms with E-state index < -0.39 is 15.5 Å². The first-order chi connectivity index (χ1) is 12.7. The Morgan fingerprint density at radius 1 is 1.00 bits per heavy atom. The van der Waals surface area contributed by atoms with Crippen molar-refractivity contribution in [3.05, 3.63) is 65.7 Å². The van der Waals surface area contributed by atoms with Gasteiger partial charge in [0.2, 0.25) is 0 Å². The Labute approximate surface area is 155 Å². The van der Waals surface area contributed by atoms with Gasteiger partial charge < -0.3 is 0 Å². The Morgan fingerprint density at radius 2 is 1.67 bits per heavy atom. The molecular formula is C20H18F3NO2S. The van der Waals surface area contributed by atoms with Gasteiger partial charge in [-0.25, -0.2) is 0 Å².